The molecule has 0 atom stereocenters. The number of para-hydroxylation sites is 1. The lowest BCUT2D eigenvalue weighted by atomic mass is 9.98. The van der Waals surface area contributed by atoms with Crippen LogP contribution in [0.3, 0.4) is 0 Å². The second kappa shape index (κ2) is 61.5. The molecule has 13 nitrogen and oxygen atoms in total. The second-order valence-electron chi connectivity index (χ2n) is 20.4. The van der Waals surface area contributed by atoms with E-state index in [1.165, 1.54) is 71.9 Å². The fourth-order valence-electron chi connectivity index (χ4n) is 9.41. The van der Waals surface area contributed by atoms with E-state index < -0.39 is 24.1 Å². The van der Waals surface area contributed by atoms with Crippen LogP contribution in [0.2, 0.25) is 0 Å². The first kappa shape index (κ1) is 95.6. The third-order valence-electron chi connectivity index (χ3n) is 12.5. The average Bonchev–Trinajstić information content (AvgIpc) is 1.64. The number of imide groups is 1. The summed E-state index contributed by atoms with van der Waals surface area (Å²) in [5.41, 5.74) is 15.3. The van der Waals surface area contributed by atoms with Crippen molar-refractivity contribution in [1.29, 1.82) is 0 Å². The van der Waals surface area contributed by atoms with E-state index in [1.807, 2.05) is 132 Å². The maximum atomic E-state index is 12.2. The number of nitrogens with zero attached hydrogens (tertiary/aromatic N) is 4. The number of rotatable bonds is 7. The van der Waals surface area contributed by atoms with Crippen molar-refractivity contribution in [3.63, 3.8) is 0 Å². The van der Waals surface area contributed by atoms with Gasteiger partial charge in [0.2, 0.25) is 0 Å². The predicted octanol–water partition coefficient (Wildman–Crippen LogP) is 24.2. The minimum atomic E-state index is -1.05. The highest BCUT2D eigenvalue weighted by Crippen LogP contribution is 2.47. The number of hydrogen-bond donors (Lipinski definition) is 1. The van der Waals surface area contributed by atoms with Gasteiger partial charge in [0.15, 0.2) is 0 Å². The van der Waals surface area contributed by atoms with Crippen molar-refractivity contribution in [3.8, 4) is 33.4 Å². The van der Waals surface area contributed by atoms with E-state index in [2.05, 4.69) is 250 Å². The molecule has 1 saturated heterocycles. The van der Waals surface area contributed by atoms with Crippen LogP contribution in [0.25, 0.3) is 44.4 Å². The fourth-order valence-corrected chi connectivity index (χ4v) is 9.41. The lowest BCUT2D eigenvalue weighted by molar-refractivity contribution is -0.177. The number of carbonyl (C=O) groups is 4. The second-order valence-corrected chi connectivity index (χ2v) is 20.4. The molecule has 7 aromatic carbocycles. The van der Waals surface area contributed by atoms with Crippen LogP contribution in [0.1, 0.15) is 186 Å². The molecule has 8 aromatic rings. The summed E-state index contributed by atoms with van der Waals surface area (Å²) in [4.78, 5) is 58.1. The third-order valence-corrected chi connectivity index (χ3v) is 12.5. The summed E-state index contributed by atoms with van der Waals surface area (Å²) < 4.78 is 10.6. The predicted molar refractivity (Wildman–Crippen MR) is 432 cm³/mol. The zero-order valence-corrected chi connectivity index (χ0v) is 70.0. The van der Waals surface area contributed by atoms with E-state index >= 15 is 0 Å². The van der Waals surface area contributed by atoms with Crippen molar-refractivity contribution in [2.24, 2.45) is 0 Å². The summed E-state index contributed by atoms with van der Waals surface area (Å²) in [5, 5.41) is 17.7. The van der Waals surface area contributed by atoms with Gasteiger partial charge in [-0.2, -0.15) is 0 Å². The molecular formula is C78H108Br6N4O9. The quantitative estimate of drug-likeness (QED) is 0.0700. The number of ether oxygens (including phenoxy) is 2. The largest absolute Gasteiger partial charge is 0.535 e. The van der Waals surface area contributed by atoms with E-state index in [0.717, 1.165) is 38.2 Å². The van der Waals surface area contributed by atoms with Crippen LogP contribution < -0.4 is 4.84 Å². The van der Waals surface area contributed by atoms with Gasteiger partial charge < -0.3 is 14.6 Å². The monoisotopic (exact) mass is 1720 g/mol. The first-order valence-electron chi connectivity index (χ1n) is 32.6. The van der Waals surface area contributed by atoms with E-state index in [0.29, 0.717) is 16.1 Å². The highest BCUT2D eigenvalue weighted by Gasteiger charge is 2.35. The van der Waals surface area contributed by atoms with Gasteiger partial charge in [-0.25, -0.2) is 9.59 Å². The molecule has 1 aliphatic heterocycles. The highest BCUT2D eigenvalue weighted by molar-refractivity contribution is 9.09. The first-order chi connectivity index (χ1) is 47.4. The van der Waals surface area contributed by atoms with E-state index in [1.54, 1.807) is 12.1 Å². The van der Waals surface area contributed by atoms with Crippen LogP contribution in [-0.2, 0) is 23.9 Å². The number of aliphatic hydroxyl groups excluding tert-OH is 1. The number of alkyl halides is 6. The molecule has 0 radical (unpaired) electrons. The van der Waals surface area contributed by atoms with Crippen molar-refractivity contribution in [3.05, 3.63) is 203 Å². The Balaban J connectivity index is -0.00000116. The molecule has 3 aliphatic carbocycles. The van der Waals surface area contributed by atoms with Gasteiger partial charge in [-0.15, -0.1) is 5.10 Å². The van der Waals surface area contributed by atoms with Crippen LogP contribution in [0.4, 0.5) is 9.59 Å². The molecule has 19 heteroatoms. The summed E-state index contributed by atoms with van der Waals surface area (Å²) in [6.07, 6.45) is 5.74. The molecule has 0 spiro atoms. The molecule has 2 amide bonds. The Bertz CT molecular complexity index is 3160. The summed E-state index contributed by atoms with van der Waals surface area (Å²) in [5.74, 6) is 9.86. The van der Waals surface area contributed by atoms with Crippen molar-refractivity contribution in [2.75, 3.05) is 54.8 Å². The van der Waals surface area contributed by atoms with Gasteiger partial charge in [0.1, 0.15) is 24.2 Å². The van der Waals surface area contributed by atoms with Crippen LogP contribution >= 0.6 is 95.6 Å². The molecule has 4 aliphatic rings. The van der Waals surface area contributed by atoms with Gasteiger partial charge in [-0.1, -0.05) is 385 Å². The fraction of sp³-hybridized carbons (Fsp3) is 0.410. The maximum absolute atomic E-state index is 12.2. The standard InChI is InChI=1S/C21H15N3O3.C19H15NO5.C14H12O.6C3H8.6CH3Br/c25-21(27-24-20-12-6-5-11-19(20)22-23-24)26-13-18-16-9-3-1-7-14(16)15-8-2-4-10-17(15)18;21-17-9-10-18(22)20(17)25-19(23)24-11-16-14-7-3-1-5-12(14)13-6-2-4-8-15(13)16;15-9-14-12-7-3-1-5-10(12)11-6-2-4-8-13(11)14;6*1-3-2;6*1-2/h1-12,18H,13H2;1-8,16H,9-11H2;1-8,14-15H,9H2;6*3H2,1-2H3;6*1H3. The van der Waals surface area contributed by atoms with Gasteiger partial charge in [0, 0.05) is 30.6 Å². The lowest BCUT2D eigenvalue weighted by Crippen LogP contribution is -2.32. The molecule has 1 N–H and O–H groups in total. The number of aliphatic hydroxyl groups is 1. The van der Waals surface area contributed by atoms with Gasteiger partial charge >= 0.3 is 12.3 Å². The van der Waals surface area contributed by atoms with Crippen molar-refractivity contribution in [1.82, 2.24) is 20.2 Å². The normalized spacial score (nSPS) is 11.2. The van der Waals surface area contributed by atoms with Gasteiger partial charge in [0.25, 0.3) is 11.8 Å². The molecule has 0 bridgehead atoms. The molecule has 12 rings (SSSR count). The minimum absolute atomic E-state index is 0.0163. The van der Waals surface area contributed by atoms with E-state index in [-0.39, 0.29) is 50.4 Å². The minimum Gasteiger partial charge on any atom is -0.432 e. The molecule has 1 aromatic heterocycles. The number of hydrogen-bond acceptors (Lipinski definition) is 11. The smallest absolute Gasteiger partial charge is 0.432 e. The lowest BCUT2D eigenvalue weighted by Gasteiger charge is -2.16. The van der Waals surface area contributed by atoms with Gasteiger partial charge in [0.05, 0.1) is 6.61 Å². The topological polar surface area (TPSA) is 159 Å². The van der Waals surface area contributed by atoms with E-state index in [4.69, 9.17) is 19.1 Å². The molecular weight excluding hydrogens is 1620 g/mol. The van der Waals surface area contributed by atoms with Crippen LogP contribution in [0, 0.1) is 0 Å². The van der Waals surface area contributed by atoms with E-state index in [9.17, 15) is 24.3 Å². The number of fused-ring (bicyclic) bond motifs is 10. The summed E-state index contributed by atoms with van der Waals surface area (Å²) in [6.45, 7) is 26.0. The van der Waals surface area contributed by atoms with Crippen molar-refractivity contribution < 1.29 is 43.4 Å². The van der Waals surface area contributed by atoms with Crippen LogP contribution in [0.15, 0.2) is 170 Å². The van der Waals surface area contributed by atoms with Crippen molar-refractivity contribution in [2.45, 2.75) is 152 Å². The number of benzene rings is 7. The Kier molecular flexibility index (Phi) is 60.7. The Morgan fingerprint density at radius 2 is 0.619 bits per heavy atom. The molecule has 2 heterocycles. The number of amides is 2. The highest BCUT2D eigenvalue weighted by atomic mass is 79.9. The van der Waals surface area contributed by atoms with Gasteiger partial charge in [-0.05, 0) is 119 Å². The SMILES string of the molecule is CBr.CBr.CBr.CBr.CBr.CBr.CCC.CCC.CCC.CCC.CCC.CCC.O=C(OCC1c2ccccc2-c2ccccc21)ON1C(=O)CCC1=O.O=C(OCC1c2ccccc2-c2ccccc21)On1nnc2ccccc21.OCC1c2ccccc2-c2ccccc21. The summed E-state index contributed by atoms with van der Waals surface area (Å²) >= 11 is 17.6. The summed E-state index contributed by atoms with van der Waals surface area (Å²) in [7, 11) is 0. The molecule has 0 saturated carbocycles. The third kappa shape index (κ3) is 31.7. The van der Waals surface area contributed by atoms with Gasteiger partial charge in [-0.3, -0.25) is 19.3 Å². The zero-order valence-electron chi connectivity index (χ0n) is 60.4. The Morgan fingerprint density at radius 3 is 0.897 bits per heavy atom. The summed E-state index contributed by atoms with van der Waals surface area (Å²) in [6, 6.07) is 56.1. The Hall–Kier alpha value is -5.54. The molecule has 0 unspecified atom stereocenters. The number of carbonyl (C=O) groups excluding carboxylic acids is 4. The van der Waals surface area contributed by atoms with Crippen LogP contribution in [-0.4, -0.2) is 104 Å². The maximum Gasteiger partial charge on any atom is 0.535 e. The molecule has 1 fully saturated rings. The molecule has 97 heavy (non-hydrogen) atoms. The molecule has 536 valence electrons. The average molecular weight is 1730 g/mol. The number of halogens is 6. The Labute approximate surface area is 632 Å². The Morgan fingerprint density at radius 1 is 0.381 bits per heavy atom. The van der Waals surface area contributed by atoms with Crippen LogP contribution in [0.5, 0.6) is 0 Å². The van der Waals surface area contributed by atoms with Crippen molar-refractivity contribution >= 4 is 131 Å². The first-order valence-corrected chi connectivity index (χ1v) is 42.2. The number of aromatic nitrogens is 3. The zero-order chi connectivity index (χ0) is 74.1. The number of hydroxylamine groups is 2.